The van der Waals surface area contributed by atoms with Crippen LogP contribution < -0.4 is 15.4 Å². The Balaban J connectivity index is 0.00000288. The number of hydrogen-bond donors (Lipinski definition) is 1. The van der Waals surface area contributed by atoms with E-state index in [1.807, 2.05) is 36.9 Å². The number of benzene rings is 1. The van der Waals surface area contributed by atoms with Gasteiger partial charge in [-0.1, -0.05) is 32.4 Å². The number of halogens is 1. The van der Waals surface area contributed by atoms with Gasteiger partial charge in [0.1, 0.15) is 5.75 Å². The monoisotopic (exact) mass is 355 g/mol. The third-order valence-corrected chi connectivity index (χ3v) is 4.64. The van der Waals surface area contributed by atoms with Crippen LogP contribution in [0, 0.1) is 5.92 Å². The summed E-state index contributed by atoms with van der Waals surface area (Å²) in [5.41, 5.74) is 7.19. The highest BCUT2D eigenvalue weighted by molar-refractivity contribution is 5.85. The molecular formula is C18H30ClN3O2. The third kappa shape index (κ3) is 4.77. The Kier molecular flexibility index (Phi) is 8.36. The van der Waals surface area contributed by atoms with Crippen molar-refractivity contribution in [2.24, 2.45) is 11.7 Å². The summed E-state index contributed by atoms with van der Waals surface area (Å²) >= 11 is 0. The number of amides is 1. The van der Waals surface area contributed by atoms with Crippen LogP contribution in [0.25, 0.3) is 0 Å². The minimum Gasteiger partial charge on any atom is -0.492 e. The minimum atomic E-state index is -0.387. The number of nitrogens with two attached hydrogens (primary N) is 1. The summed E-state index contributed by atoms with van der Waals surface area (Å²) in [6, 6.07) is 7.69. The van der Waals surface area contributed by atoms with E-state index in [1.165, 1.54) is 0 Å². The standard InChI is InChI=1S/C18H29N3O2.ClH/c1-4-14(3)17(19)18(22)21-12-10-20(11-13-21)15-8-6-7-9-16(15)23-5-2;/h6-9,14,17H,4-5,10-13,19H2,1-3H3;1H. The van der Waals surface area contributed by atoms with Crippen molar-refractivity contribution in [3.8, 4) is 5.75 Å². The Labute approximate surface area is 151 Å². The van der Waals surface area contributed by atoms with Crippen molar-refractivity contribution in [3.05, 3.63) is 24.3 Å². The van der Waals surface area contributed by atoms with Crippen LogP contribution >= 0.6 is 12.4 Å². The second-order valence-electron chi connectivity index (χ2n) is 6.12. The largest absolute Gasteiger partial charge is 0.492 e. The lowest BCUT2D eigenvalue weighted by Crippen LogP contribution is -2.54. The van der Waals surface area contributed by atoms with Crippen molar-refractivity contribution < 1.29 is 9.53 Å². The van der Waals surface area contributed by atoms with Gasteiger partial charge in [0.05, 0.1) is 18.3 Å². The van der Waals surface area contributed by atoms with E-state index < -0.39 is 0 Å². The van der Waals surface area contributed by atoms with Crippen molar-refractivity contribution in [2.45, 2.75) is 33.2 Å². The molecule has 5 nitrogen and oxygen atoms in total. The van der Waals surface area contributed by atoms with Gasteiger partial charge in [-0.25, -0.2) is 0 Å². The molecule has 0 aliphatic carbocycles. The van der Waals surface area contributed by atoms with Crippen LogP contribution in [0.3, 0.4) is 0 Å². The van der Waals surface area contributed by atoms with Gasteiger partial charge in [0.2, 0.25) is 5.91 Å². The number of piperazine rings is 1. The summed E-state index contributed by atoms with van der Waals surface area (Å²) in [4.78, 5) is 16.6. The Morgan fingerprint density at radius 2 is 1.83 bits per heavy atom. The van der Waals surface area contributed by atoms with Crippen molar-refractivity contribution >= 4 is 24.0 Å². The van der Waals surface area contributed by atoms with E-state index in [1.54, 1.807) is 0 Å². The maximum atomic E-state index is 12.5. The molecular weight excluding hydrogens is 326 g/mol. The molecule has 136 valence electrons. The fourth-order valence-electron chi connectivity index (χ4n) is 2.87. The minimum absolute atomic E-state index is 0. The molecule has 0 bridgehead atoms. The van der Waals surface area contributed by atoms with Gasteiger partial charge in [-0.2, -0.15) is 0 Å². The van der Waals surface area contributed by atoms with Crippen molar-refractivity contribution in [1.29, 1.82) is 0 Å². The number of nitrogens with zero attached hydrogens (tertiary/aromatic N) is 2. The SMILES string of the molecule is CCOc1ccccc1N1CCN(C(=O)C(N)C(C)CC)CC1.Cl. The molecule has 1 fully saturated rings. The highest BCUT2D eigenvalue weighted by atomic mass is 35.5. The second-order valence-corrected chi connectivity index (χ2v) is 6.12. The fourth-order valence-corrected chi connectivity index (χ4v) is 2.87. The molecule has 1 aromatic carbocycles. The summed E-state index contributed by atoms with van der Waals surface area (Å²) < 4.78 is 5.71. The third-order valence-electron chi connectivity index (χ3n) is 4.64. The lowest BCUT2D eigenvalue weighted by atomic mass is 9.98. The van der Waals surface area contributed by atoms with Gasteiger partial charge in [0.25, 0.3) is 0 Å². The summed E-state index contributed by atoms with van der Waals surface area (Å²) in [5.74, 6) is 1.21. The first-order valence-corrected chi connectivity index (χ1v) is 8.59. The van der Waals surface area contributed by atoms with Gasteiger partial charge in [0.15, 0.2) is 0 Å². The van der Waals surface area contributed by atoms with Crippen LogP contribution in [0.15, 0.2) is 24.3 Å². The van der Waals surface area contributed by atoms with Crippen molar-refractivity contribution in [2.75, 3.05) is 37.7 Å². The van der Waals surface area contributed by atoms with E-state index in [4.69, 9.17) is 10.5 Å². The van der Waals surface area contributed by atoms with Crippen LogP contribution in [0.1, 0.15) is 27.2 Å². The second kappa shape index (κ2) is 9.74. The summed E-state index contributed by atoms with van der Waals surface area (Å²) in [6.07, 6.45) is 0.925. The van der Waals surface area contributed by atoms with Gasteiger partial charge in [-0.3, -0.25) is 4.79 Å². The Morgan fingerprint density at radius 3 is 2.42 bits per heavy atom. The Hall–Kier alpha value is -1.46. The van der Waals surface area contributed by atoms with Crippen LogP contribution in [-0.2, 0) is 4.79 Å². The van der Waals surface area contributed by atoms with Gasteiger partial charge in [0, 0.05) is 26.2 Å². The number of carbonyl (C=O) groups excluding carboxylic acids is 1. The highest BCUT2D eigenvalue weighted by Crippen LogP contribution is 2.28. The molecule has 0 saturated carbocycles. The maximum Gasteiger partial charge on any atom is 0.239 e. The van der Waals surface area contributed by atoms with Gasteiger partial charge in [-0.15, -0.1) is 12.4 Å². The zero-order chi connectivity index (χ0) is 16.8. The number of ether oxygens (including phenoxy) is 1. The van der Waals surface area contributed by atoms with Crippen molar-refractivity contribution in [1.82, 2.24) is 4.90 Å². The molecule has 6 heteroatoms. The zero-order valence-corrected chi connectivity index (χ0v) is 15.7. The Bertz CT molecular complexity index is 519. The van der Waals surface area contributed by atoms with E-state index in [0.29, 0.717) is 19.7 Å². The topological polar surface area (TPSA) is 58.8 Å². The van der Waals surface area contributed by atoms with Crippen LogP contribution in [0.4, 0.5) is 5.69 Å². The molecule has 1 amide bonds. The van der Waals surface area contributed by atoms with Gasteiger partial charge >= 0.3 is 0 Å². The molecule has 2 N–H and O–H groups in total. The first-order valence-electron chi connectivity index (χ1n) is 8.59. The first kappa shape index (κ1) is 20.6. The summed E-state index contributed by atoms with van der Waals surface area (Å²) in [7, 11) is 0. The smallest absolute Gasteiger partial charge is 0.239 e. The molecule has 1 heterocycles. The van der Waals surface area contributed by atoms with Crippen molar-refractivity contribution in [3.63, 3.8) is 0 Å². The van der Waals surface area contributed by atoms with E-state index >= 15 is 0 Å². The number of hydrogen-bond acceptors (Lipinski definition) is 4. The predicted octanol–water partition coefficient (Wildman–Crippen LogP) is 2.53. The normalized spacial score (nSPS) is 17.0. The predicted molar refractivity (Wildman–Crippen MR) is 101 cm³/mol. The molecule has 1 aromatic rings. The molecule has 1 saturated heterocycles. The molecule has 0 spiro atoms. The average molecular weight is 356 g/mol. The fraction of sp³-hybridized carbons (Fsp3) is 0.611. The van der Waals surface area contributed by atoms with E-state index in [2.05, 4.69) is 17.9 Å². The molecule has 1 aliphatic heterocycles. The molecule has 0 radical (unpaired) electrons. The molecule has 2 rings (SSSR count). The summed E-state index contributed by atoms with van der Waals surface area (Å²) in [5, 5.41) is 0. The maximum absolute atomic E-state index is 12.5. The van der Waals surface area contributed by atoms with Crippen LogP contribution in [0.2, 0.25) is 0 Å². The molecule has 2 atom stereocenters. The molecule has 24 heavy (non-hydrogen) atoms. The zero-order valence-electron chi connectivity index (χ0n) is 14.9. The first-order chi connectivity index (χ1) is 11.1. The lowest BCUT2D eigenvalue weighted by Gasteiger charge is -2.38. The van der Waals surface area contributed by atoms with Crippen LogP contribution in [-0.4, -0.2) is 49.6 Å². The molecule has 2 unspecified atom stereocenters. The lowest BCUT2D eigenvalue weighted by molar-refractivity contribution is -0.134. The number of carbonyl (C=O) groups is 1. The summed E-state index contributed by atoms with van der Waals surface area (Å²) in [6.45, 7) is 9.79. The number of rotatable bonds is 6. The van der Waals surface area contributed by atoms with E-state index in [9.17, 15) is 4.79 Å². The quantitative estimate of drug-likeness (QED) is 0.851. The number of anilines is 1. The highest BCUT2D eigenvalue weighted by Gasteiger charge is 2.28. The van der Waals surface area contributed by atoms with Gasteiger partial charge < -0.3 is 20.3 Å². The molecule has 0 aromatic heterocycles. The Morgan fingerprint density at radius 1 is 1.21 bits per heavy atom. The number of para-hydroxylation sites is 2. The molecule has 1 aliphatic rings. The van der Waals surface area contributed by atoms with E-state index in [0.717, 1.165) is 30.9 Å². The van der Waals surface area contributed by atoms with Gasteiger partial charge in [-0.05, 0) is 25.0 Å². The van der Waals surface area contributed by atoms with E-state index in [-0.39, 0.29) is 30.3 Å². The van der Waals surface area contributed by atoms with Crippen LogP contribution in [0.5, 0.6) is 5.75 Å². The average Bonchev–Trinajstić information content (AvgIpc) is 2.60.